The van der Waals surface area contributed by atoms with Gasteiger partial charge in [-0.3, -0.25) is 14.4 Å². The Morgan fingerprint density at radius 1 is 0.266 bits per heavy atom. The van der Waals surface area contributed by atoms with Gasteiger partial charge in [-0.15, -0.1) is 0 Å². The summed E-state index contributed by atoms with van der Waals surface area (Å²) in [6, 6.07) is 0. The maximum Gasteiger partial charge on any atom is 0.306 e. The van der Waals surface area contributed by atoms with Gasteiger partial charge in [-0.2, -0.15) is 0 Å². The van der Waals surface area contributed by atoms with Crippen LogP contribution >= 0.6 is 0 Å². The summed E-state index contributed by atoms with van der Waals surface area (Å²) < 4.78 is 16.9. The number of allylic oxidation sites excluding steroid dienone is 20. The van der Waals surface area contributed by atoms with Crippen LogP contribution in [-0.2, 0) is 28.6 Å². The maximum atomic E-state index is 12.9. The van der Waals surface area contributed by atoms with E-state index in [0.29, 0.717) is 12.8 Å². The zero-order valence-electron chi connectivity index (χ0n) is 51.6. The summed E-state index contributed by atoms with van der Waals surface area (Å²) >= 11 is 0. The molecule has 0 saturated heterocycles. The first-order valence-electron chi connectivity index (χ1n) is 33.0. The maximum absolute atomic E-state index is 12.9. The van der Waals surface area contributed by atoms with Gasteiger partial charge in [0.1, 0.15) is 13.2 Å². The molecule has 1 atom stereocenters. The van der Waals surface area contributed by atoms with Gasteiger partial charge in [0.05, 0.1) is 0 Å². The van der Waals surface area contributed by atoms with Crippen LogP contribution in [0.1, 0.15) is 303 Å². The van der Waals surface area contributed by atoms with Gasteiger partial charge < -0.3 is 14.2 Å². The second-order valence-electron chi connectivity index (χ2n) is 21.6. The molecule has 0 aromatic rings. The highest BCUT2D eigenvalue weighted by atomic mass is 16.6. The van der Waals surface area contributed by atoms with Gasteiger partial charge >= 0.3 is 17.9 Å². The molecule has 6 nitrogen and oxygen atoms in total. The predicted molar refractivity (Wildman–Crippen MR) is 343 cm³/mol. The van der Waals surface area contributed by atoms with Gasteiger partial charge in [-0.1, -0.05) is 296 Å². The molecule has 0 radical (unpaired) electrons. The highest BCUT2D eigenvalue weighted by molar-refractivity contribution is 5.71. The molecule has 0 fully saturated rings. The van der Waals surface area contributed by atoms with Crippen molar-refractivity contribution in [1.82, 2.24) is 0 Å². The Bertz CT molecular complexity index is 1640. The molecular formula is C73H122O6. The third kappa shape index (κ3) is 64.5. The number of unbranched alkanes of at least 4 members (excludes halogenated alkanes) is 28. The molecule has 0 saturated carbocycles. The minimum absolute atomic E-state index is 0.0896. The average Bonchev–Trinajstić information content (AvgIpc) is 3.45. The summed E-state index contributed by atoms with van der Waals surface area (Å²) in [6.07, 6.45) is 92.3. The highest BCUT2D eigenvalue weighted by Gasteiger charge is 2.19. The second-order valence-corrected chi connectivity index (χ2v) is 21.6. The minimum atomic E-state index is -0.795. The first kappa shape index (κ1) is 74.8. The zero-order valence-corrected chi connectivity index (χ0v) is 51.6. The standard InChI is InChI=1S/C73H122O6/c1-4-7-10-13-16-19-21-23-25-27-29-30-31-32-33-34-35-36-37-38-39-40-41-42-44-45-47-49-51-54-57-60-63-66-72(75)78-69-70(68-77-71(74)65-62-59-56-53-18-15-12-9-6-3)79-73(76)67-64-61-58-55-52-50-48-46-43-28-26-24-22-20-17-14-11-8-5-2/h7-8,10-11,16-17,19-20,23-26,29-30,32-33,43,46,50,52,70H,4-6,9,12-15,18,21-22,27-28,31,34-42,44-45,47-49,51,53-69H2,1-3H3/b10-7-,11-8-,19-16-,20-17-,25-23-,26-24-,30-29-,33-32-,46-43-,52-50-. The van der Waals surface area contributed by atoms with Crippen molar-refractivity contribution in [2.75, 3.05) is 13.2 Å². The van der Waals surface area contributed by atoms with Crippen LogP contribution in [0.15, 0.2) is 122 Å². The van der Waals surface area contributed by atoms with Crippen molar-refractivity contribution >= 4 is 17.9 Å². The van der Waals surface area contributed by atoms with Crippen LogP contribution in [0.5, 0.6) is 0 Å². The number of esters is 3. The van der Waals surface area contributed by atoms with E-state index in [2.05, 4.69) is 142 Å². The van der Waals surface area contributed by atoms with Gasteiger partial charge in [0.15, 0.2) is 6.10 Å². The molecule has 79 heavy (non-hydrogen) atoms. The molecule has 0 aromatic carbocycles. The molecule has 450 valence electrons. The van der Waals surface area contributed by atoms with E-state index in [1.807, 2.05) is 0 Å². The second kappa shape index (κ2) is 66.3. The molecule has 0 aromatic heterocycles. The Morgan fingerprint density at radius 3 is 0.785 bits per heavy atom. The molecular weight excluding hydrogens is 973 g/mol. The van der Waals surface area contributed by atoms with E-state index in [1.165, 1.54) is 135 Å². The van der Waals surface area contributed by atoms with Crippen molar-refractivity contribution < 1.29 is 28.6 Å². The number of hydrogen-bond donors (Lipinski definition) is 0. The lowest BCUT2D eigenvalue weighted by Crippen LogP contribution is -2.30. The lowest BCUT2D eigenvalue weighted by molar-refractivity contribution is -0.167. The molecule has 0 amide bonds. The summed E-state index contributed by atoms with van der Waals surface area (Å²) in [5, 5.41) is 0. The van der Waals surface area contributed by atoms with E-state index >= 15 is 0 Å². The summed E-state index contributed by atoms with van der Waals surface area (Å²) in [5.74, 6) is -0.918. The number of rotatable bonds is 59. The van der Waals surface area contributed by atoms with E-state index in [4.69, 9.17) is 14.2 Å². The van der Waals surface area contributed by atoms with Crippen LogP contribution in [0, 0.1) is 0 Å². The number of ether oxygens (including phenoxy) is 3. The fourth-order valence-corrected chi connectivity index (χ4v) is 9.09. The summed E-state index contributed by atoms with van der Waals surface area (Å²) in [4.78, 5) is 38.2. The van der Waals surface area contributed by atoms with E-state index < -0.39 is 6.10 Å². The van der Waals surface area contributed by atoms with E-state index in [-0.39, 0.29) is 37.5 Å². The molecule has 0 heterocycles. The number of carbonyl (C=O) groups is 3. The van der Waals surface area contributed by atoms with Crippen LogP contribution in [0.2, 0.25) is 0 Å². The van der Waals surface area contributed by atoms with Crippen molar-refractivity contribution in [3.63, 3.8) is 0 Å². The topological polar surface area (TPSA) is 78.9 Å². The van der Waals surface area contributed by atoms with Crippen molar-refractivity contribution in [1.29, 1.82) is 0 Å². The van der Waals surface area contributed by atoms with Gasteiger partial charge in [0.25, 0.3) is 0 Å². The normalized spacial score (nSPS) is 12.9. The molecule has 0 aliphatic heterocycles. The smallest absolute Gasteiger partial charge is 0.306 e. The average molecular weight is 1100 g/mol. The lowest BCUT2D eigenvalue weighted by Gasteiger charge is -2.18. The fourth-order valence-electron chi connectivity index (χ4n) is 9.09. The molecule has 0 spiro atoms. The van der Waals surface area contributed by atoms with Crippen molar-refractivity contribution in [3.05, 3.63) is 122 Å². The SMILES string of the molecule is CC/C=C\C/C=C\C/C=C\C/C=C\C/C=C\CCCCCCCCCCCCCCCCCCCC(=O)OCC(COC(=O)CCCCCCCCCCC)OC(=O)CCCCC/C=C\C/C=C\C/C=C\C/C=C\C/C=C\CC. The first-order valence-corrected chi connectivity index (χ1v) is 33.0. The zero-order chi connectivity index (χ0) is 57.1. The van der Waals surface area contributed by atoms with Gasteiger partial charge in [-0.05, 0) is 109 Å². The van der Waals surface area contributed by atoms with E-state index in [1.54, 1.807) is 0 Å². The first-order chi connectivity index (χ1) is 39.0. The highest BCUT2D eigenvalue weighted by Crippen LogP contribution is 2.16. The molecule has 0 bridgehead atoms. The van der Waals surface area contributed by atoms with Crippen LogP contribution in [0.3, 0.4) is 0 Å². The number of hydrogen-bond acceptors (Lipinski definition) is 6. The fraction of sp³-hybridized carbons (Fsp3) is 0.685. The van der Waals surface area contributed by atoms with Gasteiger partial charge in [0, 0.05) is 19.3 Å². The molecule has 6 heteroatoms. The van der Waals surface area contributed by atoms with Crippen molar-refractivity contribution in [2.24, 2.45) is 0 Å². The Balaban J connectivity index is 4.15. The Labute approximate surface area is 488 Å². The quantitative estimate of drug-likeness (QED) is 0.0261. The van der Waals surface area contributed by atoms with Crippen molar-refractivity contribution in [2.45, 2.75) is 309 Å². The molecule has 0 rings (SSSR count). The molecule has 0 N–H and O–H groups in total. The van der Waals surface area contributed by atoms with E-state index in [0.717, 1.165) is 128 Å². The van der Waals surface area contributed by atoms with Crippen LogP contribution in [0.25, 0.3) is 0 Å². The minimum Gasteiger partial charge on any atom is -0.462 e. The molecule has 1 unspecified atom stereocenters. The Hall–Kier alpha value is -4.19. The van der Waals surface area contributed by atoms with Gasteiger partial charge in [-0.25, -0.2) is 0 Å². The largest absolute Gasteiger partial charge is 0.462 e. The summed E-state index contributed by atoms with van der Waals surface area (Å²) in [7, 11) is 0. The van der Waals surface area contributed by atoms with Crippen LogP contribution < -0.4 is 0 Å². The van der Waals surface area contributed by atoms with Gasteiger partial charge in [0.2, 0.25) is 0 Å². The molecule has 0 aliphatic rings. The van der Waals surface area contributed by atoms with Crippen LogP contribution in [-0.4, -0.2) is 37.2 Å². The predicted octanol–water partition coefficient (Wildman–Crippen LogP) is 22.8. The monoisotopic (exact) mass is 1090 g/mol. The Kier molecular flexibility index (Phi) is 62.8. The summed E-state index contributed by atoms with van der Waals surface area (Å²) in [5.41, 5.74) is 0. The van der Waals surface area contributed by atoms with E-state index in [9.17, 15) is 14.4 Å². The lowest BCUT2D eigenvalue weighted by atomic mass is 10.0. The Morgan fingerprint density at radius 2 is 0.494 bits per heavy atom. The van der Waals surface area contributed by atoms with Crippen LogP contribution in [0.4, 0.5) is 0 Å². The van der Waals surface area contributed by atoms with Crippen molar-refractivity contribution in [3.8, 4) is 0 Å². The third-order valence-electron chi connectivity index (χ3n) is 14.0. The third-order valence-corrected chi connectivity index (χ3v) is 14.0. The molecule has 0 aliphatic carbocycles. The number of carbonyl (C=O) groups excluding carboxylic acids is 3. The summed E-state index contributed by atoms with van der Waals surface area (Å²) in [6.45, 7) is 6.38.